The number of carbonyl (C=O) groups excluding carboxylic acids is 2. The Labute approximate surface area is 138 Å². The van der Waals surface area contributed by atoms with Crippen LogP contribution in [0.1, 0.15) is 12.5 Å². The molecule has 0 saturated carbocycles. The lowest BCUT2D eigenvalue weighted by molar-refractivity contribution is -0.114. The highest BCUT2D eigenvalue weighted by Crippen LogP contribution is 2.15. The highest BCUT2D eigenvalue weighted by molar-refractivity contribution is 6.09. The fraction of sp³-hybridized carbons (Fsp3) is 0.0556. The summed E-state index contributed by atoms with van der Waals surface area (Å²) in [6, 6.07) is 13.7. The van der Waals surface area contributed by atoms with E-state index in [1.165, 1.54) is 37.3 Å². The van der Waals surface area contributed by atoms with Gasteiger partial charge in [-0.2, -0.15) is 5.26 Å². The van der Waals surface area contributed by atoms with E-state index in [4.69, 9.17) is 5.26 Å². The molecule has 0 aliphatic carbocycles. The van der Waals surface area contributed by atoms with Gasteiger partial charge in [-0.05, 0) is 48.0 Å². The Bertz CT molecular complexity index is 819. The molecule has 5 nitrogen and oxygen atoms in total. The molecule has 0 aliphatic rings. The molecule has 0 unspecified atom stereocenters. The summed E-state index contributed by atoms with van der Waals surface area (Å²) in [6.45, 7) is 1.40. The summed E-state index contributed by atoms with van der Waals surface area (Å²) < 4.78 is 12.9. The zero-order valence-electron chi connectivity index (χ0n) is 12.8. The molecular formula is C18H14FN3O2. The Hall–Kier alpha value is -3.46. The second-order valence-electron chi connectivity index (χ2n) is 4.93. The lowest BCUT2D eigenvalue weighted by atomic mass is 10.1. The van der Waals surface area contributed by atoms with E-state index >= 15 is 0 Å². The van der Waals surface area contributed by atoms with Crippen molar-refractivity contribution in [3.05, 3.63) is 65.5 Å². The van der Waals surface area contributed by atoms with Gasteiger partial charge in [0.2, 0.25) is 5.91 Å². The number of hydrogen-bond acceptors (Lipinski definition) is 3. The number of nitrogens with zero attached hydrogens (tertiary/aromatic N) is 1. The largest absolute Gasteiger partial charge is 0.326 e. The molecule has 6 heteroatoms. The number of anilines is 2. The molecule has 0 atom stereocenters. The number of amides is 2. The zero-order chi connectivity index (χ0) is 17.5. The average molecular weight is 323 g/mol. The summed E-state index contributed by atoms with van der Waals surface area (Å²) in [5.41, 5.74) is 1.52. The molecule has 2 amide bonds. The summed E-state index contributed by atoms with van der Waals surface area (Å²) in [7, 11) is 0. The summed E-state index contributed by atoms with van der Waals surface area (Å²) in [6.07, 6.45) is 1.38. The first kappa shape index (κ1) is 16.9. The van der Waals surface area contributed by atoms with Crippen LogP contribution in [-0.2, 0) is 9.59 Å². The first-order chi connectivity index (χ1) is 11.5. The smallest absolute Gasteiger partial charge is 0.266 e. The van der Waals surface area contributed by atoms with Crippen LogP contribution in [0, 0.1) is 17.1 Å². The maximum atomic E-state index is 12.9. The fourth-order valence-electron chi connectivity index (χ4n) is 1.91. The molecule has 0 bridgehead atoms. The molecule has 0 saturated heterocycles. The summed E-state index contributed by atoms with van der Waals surface area (Å²) >= 11 is 0. The van der Waals surface area contributed by atoms with Crippen LogP contribution in [0.3, 0.4) is 0 Å². The third kappa shape index (κ3) is 4.78. The van der Waals surface area contributed by atoms with Crippen LogP contribution < -0.4 is 10.6 Å². The van der Waals surface area contributed by atoms with Gasteiger partial charge in [0.05, 0.1) is 0 Å². The number of nitrogens with one attached hydrogen (secondary N) is 2. The molecule has 2 rings (SSSR count). The van der Waals surface area contributed by atoms with E-state index in [1.807, 2.05) is 6.07 Å². The number of halogens is 1. The van der Waals surface area contributed by atoms with Crippen molar-refractivity contribution in [2.45, 2.75) is 6.92 Å². The minimum absolute atomic E-state index is 0.104. The third-order valence-corrected chi connectivity index (χ3v) is 3.01. The van der Waals surface area contributed by atoms with Gasteiger partial charge >= 0.3 is 0 Å². The monoisotopic (exact) mass is 323 g/mol. The second-order valence-corrected chi connectivity index (χ2v) is 4.93. The standard InChI is InChI=1S/C18H14FN3O2/c1-12(23)21-16-6-8-17(9-7-16)22-18(24)14(11-20)10-13-2-4-15(19)5-3-13/h2-10H,1H3,(H,21,23)(H,22,24). The number of hydrogen-bond donors (Lipinski definition) is 2. The Morgan fingerprint density at radius 2 is 1.54 bits per heavy atom. The number of carbonyl (C=O) groups is 2. The molecule has 2 N–H and O–H groups in total. The quantitative estimate of drug-likeness (QED) is 0.669. The Kier molecular flexibility index (Phi) is 5.42. The van der Waals surface area contributed by atoms with Crippen LogP contribution in [0.2, 0.25) is 0 Å². The minimum Gasteiger partial charge on any atom is -0.326 e. The van der Waals surface area contributed by atoms with Crippen LogP contribution in [0.15, 0.2) is 54.1 Å². The van der Waals surface area contributed by atoms with Crippen molar-refractivity contribution < 1.29 is 14.0 Å². The van der Waals surface area contributed by atoms with Crippen LogP contribution in [0.25, 0.3) is 6.08 Å². The summed E-state index contributed by atoms with van der Waals surface area (Å²) in [5, 5.41) is 14.3. The topological polar surface area (TPSA) is 82.0 Å². The molecule has 24 heavy (non-hydrogen) atoms. The summed E-state index contributed by atoms with van der Waals surface area (Å²) in [5.74, 6) is -1.16. The van der Waals surface area contributed by atoms with Crippen molar-refractivity contribution in [1.82, 2.24) is 0 Å². The van der Waals surface area contributed by atoms with Crippen molar-refractivity contribution >= 4 is 29.3 Å². The first-order valence-corrected chi connectivity index (χ1v) is 7.04. The van der Waals surface area contributed by atoms with E-state index in [9.17, 15) is 14.0 Å². The van der Waals surface area contributed by atoms with Gasteiger partial charge in [0.15, 0.2) is 0 Å². The van der Waals surface area contributed by atoms with Gasteiger partial charge in [-0.25, -0.2) is 4.39 Å². The van der Waals surface area contributed by atoms with Crippen molar-refractivity contribution in [1.29, 1.82) is 5.26 Å². The normalized spacial score (nSPS) is 10.6. The Morgan fingerprint density at radius 3 is 2.04 bits per heavy atom. The molecule has 0 radical (unpaired) electrons. The van der Waals surface area contributed by atoms with Crippen LogP contribution >= 0.6 is 0 Å². The molecule has 0 fully saturated rings. The number of nitriles is 1. The first-order valence-electron chi connectivity index (χ1n) is 7.04. The van der Waals surface area contributed by atoms with Crippen LogP contribution in [0.4, 0.5) is 15.8 Å². The Balaban J connectivity index is 2.10. The van der Waals surface area contributed by atoms with Crippen molar-refractivity contribution in [2.75, 3.05) is 10.6 Å². The minimum atomic E-state index is -0.575. The molecule has 0 spiro atoms. The lowest BCUT2D eigenvalue weighted by Gasteiger charge is -2.06. The molecule has 120 valence electrons. The maximum Gasteiger partial charge on any atom is 0.266 e. The molecule has 0 heterocycles. The van der Waals surface area contributed by atoms with Crippen LogP contribution in [0.5, 0.6) is 0 Å². The zero-order valence-corrected chi connectivity index (χ0v) is 12.8. The second kappa shape index (κ2) is 7.70. The van der Waals surface area contributed by atoms with E-state index in [-0.39, 0.29) is 11.5 Å². The van der Waals surface area contributed by atoms with E-state index in [1.54, 1.807) is 24.3 Å². The number of rotatable bonds is 4. The predicted molar refractivity (Wildman–Crippen MR) is 89.4 cm³/mol. The van der Waals surface area contributed by atoms with Gasteiger partial charge in [-0.1, -0.05) is 12.1 Å². The van der Waals surface area contributed by atoms with Crippen molar-refractivity contribution in [2.24, 2.45) is 0 Å². The molecule has 2 aromatic carbocycles. The molecule has 2 aromatic rings. The Morgan fingerprint density at radius 1 is 1.00 bits per heavy atom. The average Bonchev–Trinajstić information content (AvgIpc) is 2.55. The van der Waals surface area contributed by atoms with Gasteiger partial charge in [-0.15, -0.1) is 0 Å². The van der Waals surface area contributed by atoms with Gasteiger partial charge in [-0.3, -0.25) is 9.59 Å². The highest BCUT2D eigenvalue weighted by atomic mass is 19.1. The van der Waals surface area contributed by atoms with Gasteiger partial charge in [0, 0.05) is 18.3 Å². The molecule has 0 aromatic heterocycles. The number of benzene rings is 2. The van der Waals surface area contributed by atoms with E-state index in [0.717, 1.165) is 0 Å². The van der Waals surface area contributed by atoms with Gasteiger partial charge < -0.3 is 10.6 Å². The highest BCUT2D eigenvalue weighted by Gasteiger charge is 2.09. The summed E-state index contributed by atoms with van der Waals surface area (Å²) in [4.78, 5) is 23.1. The molecular weight excluding hydrogens is 309 g/mol. The van der Waals surface area contributed by atoms with E-state index in [2.05, 4.69) is 10.6 Å². The van der Waals surface area contributed by atoms with E-state index < -0.39 is 11.7 Å². The lowest BCUT2D eigenvalue weighted by Crippen LogP contribution is -2.13. The van der Waals surface area contributed by atoms with Gasteiger partial charge in [0.25, 0.3) is 5.91 Å². The van der Waals surface area contributed by atoms with Crippen molar-refractivity contribution in [3.63, 3.8) is 0 Å². The maximum absolute atomic E-state index is 12.9. The predicted octanol–water partition coefficient (Wildman–Crippen LogP) is 3.33. The van der Waals surface area contributed by atoms with Gasteiger partial charge in [0.1, 0.15) is 17.5 Å². The fourth-order valence-corrected chi connectivity index (χ4v) is 1.91. The third-order valence-electron chi connectivity index (χ3n) is 3.01. The SMILES string of the molecule is CC(=O)Nc1ccc(NC(=O)C(C#N)=Cc2ccc(F)cc2)cc1. The van der Waals surface area contributed by atoms with E-state index in [0.29, 0.717) is 16.9 Å². The van der Waals surface area contributed by atoms with Crippen LogP contribution in [-0.4, -0.2) is 11.8 Å². The molecule has 0 aliphatic heterocycles. The van der Waals surface area contributed by atoms with Crippen molar-refractivity contribution in [3.8, 4) is 6.07 Å².